The van der Waals surface area contributed by atoms with Gasteiger partial charge >= 0.3 is 6.18 Å². The van der Waals surface area contributed by atoms with Crippen LogP contribution in [0.1, 0.15) is 22.8 Å². The van der Waals surface area contributed by atoms with E-state index in [4.69, 9.17) is 15.6 Å². The molecule has 0 saturated heterocycles. The number of aliphatic hydroxyl groups excluding tert-OH is 1. The Morgan fingerprint density at radius 1 is 1.35 bits per heavy atom. The standard InChI is InChI=1S/C17H16F4N2O3/c1-9(17(19,20)21)26-12-5-4-11(18)13(14(12)16(22)25)15-10(6-8-24)3-2-7-23-15/h2-5,7,9,24H,6,8H2,1H3,(H2,22,25)/t9-/m0/s1. The molecule has 0 bridgehead atoms. The maximum Gasteiger partial charge on any atom is 0.425 e. The number of benzene rings is 1. The van der Waals surface area contributed by atoms with Crippen LogP contribution in [0.4, 0.5) is 17.6 Å². The second kappa shape index (κ2) is 7.69. The Kier molecular flexibility index (Phi) is 5.81. The first-order chi connectivity index (χ1) is 12.2. The molecule has 0 saturated carbocycles. The molecule has 1 heterocycles. The van der Waals surface area contributed by atoms with E-state index in [1.165, 1.54) is 6.20 Å². The van der Waals surface area contributed by atoms with Gasteiger partial charge in [0.25, 0.3) is 5.91 Å². The molecule has 3 N–H and O–H groups in total. The fourth-order valence-corrected chi connectivity index (χ4v) is 2.38. The minimum Gasteiger partial charge on any atom is -0.480 e. The molecule has 0 radical (unpaired) electrons. The van der Waals surface area contributed by atoms with E-state index in [1.54, 1.807) is 12.1 Å². The lowest BCUT2D eigenvalue weighted by Gasteiger charge is -2.21. The highest BCUT2D eigenvalue weighted by molar-refractivity contribution is 6.02. The second-order valence-corrected chi connectivity index (χ2v) is 5.45. The van der Waals surface area contributed by atoms with Crippen molar-refractivity contribution in [2.45, 2.75) is 25.6 Å². The summed E-state index contributed by atoms with van der Waals surface area (Å²) in [6, 6.07) is 4.88. The minimum absolute atomic E-state index is 0.00189. The number of carbonyl (C=O) groups is 1. The lowest BCUT2D eigenvalue weighted by atomic mass is 9.97. The number of pyridine rings is 1. The molecule has 1 aromatic heterocycles. The number of alkyl halides is 3. The molecular weight excluding hydrogens is 356 g/mol. The van der Waals surface area contributed by atoms with Gasteiger partial charge in [0.2, 0.25) is 0 Å². The Morgan fingerprint density at radius 2 is 2.04 bits per heavy atom. The maximum atomic E-state index is 14.5. The van der Waals surface area contributed by atoms with Crippen LogP contribution in [-0.4, -0.2) is 34.9 Å². The summed E-state index contributed by atoms with van der Waals surface area (Å²) in [6.07, 6.45) is -5.49. The first kappa shape index (κ1) is 19.6. The monoisotopic (exact) mass is 372 g/mol. The van der Waals surface area contributed by atoms with Gasteiger partial charge in [-0.2, -0.15) is 13.2 Å². The van der Waals surface area contributed by atoms with Crippen LogP contribution in [0.2, 0.25) is 0 Å². The first-order valence-electron chi connectivity index (χ1n) is 7.57. The van der Waals surface area contributed by atoms with Crippen molar-refractivity contribution in [3.05, 3.63) is 47.4 Å². The number of halogens is 4. The quantitative estimate of drug-likeness (QED) is 0.764. The number of nitrogens with two attached hydrogens (primary N) is 1. The molecule has 26 heavy (non-hydrogen) atoms. The molecule has 5 nitrogen and oxygen atoms in total. The van der Waals surface area contributed by atoms with Gasteiger partial charge in [-0.05, 0) is 37.1 Å². The molecule has 0 aliphatic heterocycles. The average molecular weight is 372 g/mol. The van der Waals surface area contributed by atoms with E-state index in [0.29, 0.717) is 5.56 Å². The van der Waals surface area contributed by atoms with Crippen LogP contribution in [0.5, 0.6) is 5.75 Å². The van der Waals surface area contributed by atoms with Crippen LogP contribution >= 0.6 is 0 Å². The van der Waals surface area contributed by atoms with Crippen LogP contribution in [0.25, 0.3) is 11.3 Å². The predicted octanol–water partition coefficient (Wildman–Crippen LogP) is 2.85. The minimum atomic E-state index is -4.68. The summed E-state index contributed by atoms with van der Waals surface area (Å²) < 4.78 is 57.6. The Morgan fingerprint density at radius 3 is 2.62 bits per heavy atom. The molecule has 9 heteroatoms. The van der Waals surface area contributed by atoms with Gasteiger partial charge in [0, 0.05) is 12.8 Å². The van der Waals surface area contributed by atoms with Crippen LogP contribution < -0.4 is 10.5 Å². The van der Waals surface area contributed by atoms with Crippen molar-refractivity contribution in [2.75, 3.05) is 6.61 Å². The van der Waals surface area contributed by atoms with Gasteiger partial charge < -0.3 is 15.6 Å². The van der Waals surface area contributed by atoms with Crippen LogP contribution in [-0.2, 0) is 6.42 Å². The number of hydrogen-bond acceptors (Lipinski definition) is 4. The molecule has 0 aliphatic carbocycles. The van der Waals surface area contributed by atoms with Gasteiger partial charge in [-0.25, -0.2) is 4.39 Å². The zero-order chi connectivity index (χ0) is 19.5. The van der Waals surface area contributed by atoms with Crippen molar-refractivity contribution in [3.8, 4) is 17.0 Å². The van der Waals surface area contributed by atoms with Gasteiger partial charge in [0.1, 0.15) is 11.6 Å². The smallest absolute Gasteiger partial charge is 0.425 e. The molecule has 0 unspecified atom stereocenters. The number of aliphatic hydroxyl groups is 1. The number of primary amides is 1. The normalized spacial score (nSPS) is 12.7. The number of aromatic nitrogens is 1. The van der Waals surface area contributed by atoms with Gasteiger partial charge in [0.05, 0.1) is 16.8 Å². The van der Waals surface area contributed by atoms with E-state index in [-0.39, 0.29) is 24.3 Å². The lowest BCUT2D eigenvalue weighted by molar-refractivity contribution is -0.189. The predicted molar refractivity (Wildman–Crippen MR) is 85.1 cm³/mol. The molecular formula is C17H16F4N2O3. The molecule has 2 aromatic rings. The Bertz CT molecular complexity index is 809. The largest absolute Gasteiger partial charge is 0.480 e. The third kappa shape index (κ3) is 4.10. The van der Waals surface area contributed by atoms with Crippen molar-refractivity contribution in [2.24, 2.45) is 5.73 Å². The number of ether oxygens (including phenoxy) is 1. The SMILES string of the molecule is C[C@H](Oc1ccc(F)c(-c2ncccc2CCO)c1C(N)=O)C(F)(F)F. The number of nitrogens with zero attached hydrogens (tertiary/aromatic N) is 1. The molecule has 1 atom stereocenters. The summed E-state index contributed by atoms with van der Waals surface area (Å²) in [5, 5.41) is 9.14. The number of carbonyl (C=O) groups excluding carboxylic acids is 1. The van der Waals surface area contributed by atoms with Crippen LogP contribution in [0, 0.1) is 5.82 Å². The second-order valence-electron chi connectivity index (χ2n) is 5.45. The van der Waals surface area contributed by atoms with Gasteiger partial charge in [-0.3, -0.25) is 9.78 Å². The van der Waals surface area contributed by atoms with E-state index < -0.39 is 35.3 Å². The highest BCUT2D eigenvalue weighted by Crippen LogP contribution is 2.36. The highest BCUT2D eigenvalue weighted by Gasteiger charge is 2.39. The lowest BCUT2D eigenvalue weighted by Crippen LogP contribution is -2.32. The summed E-state index contributed by atoms with van der Waals surface area (Å²) in [7, 11) is 0. The summed E-state index contributed by atoms with van der Waals surface area (Å²) >= 11 is 0. The summed E-state index contributed by atoms with van der Waals surface area (Å²) in [4.78, 5) is 15.9. The zero-order valence-corrected chi connectivity index (χ0v) is 13.7. The average Bonchev–Trinajstić information content (AvgIpc) is 2.56. The fourth-order valence-electron chi connectivity index (χ4n) is 2.38. The van der Waals surface area contributed by atoms with Gasteiger partial charge in [-0.15, -0.1) is 0 Å². The van der Waals surface area contributed by atoms with Crippen LogP contribution in [0.15, 0.2) is 30.5 Å². The summed E-state index contributed by atoms with van der Waals surface area (Å²) in [6.45, 7) is 0.485. The third-order valence-electron chi connectivity index (χ3n) is 3.64. The number of amides is 1. The van der Waals surface area contributed by atoms with E-state index in [2.05, 4.69) is 4.98 Å². The molecule has 140 valence electrons. The third-order valence-corrected chi connectivity index (χ3v) is 3.64. The van der Waals surface area contributed by atoms with Crippen molar-refractivity contribution in [1.82, 2.24) is 4.98 Å². The first-order valence-corrected chi connectivity index (χ1v) is 7.57. The highest BCUT2D eigenvalue weighted by atomic mass is 19.4. The Hall–Kier alpha value is -2.68. The molecule has 2 rings (SSSR count). The number of rotatable bonds is 6. The van der Waals surface area contributed by atoms with E-state index >= 15 is 0 Å². The molecule has 1 aromatic carbocycles. The molecule has 1 amide bonds. The van der Waals surface area contributed by atoms with Gasteiger partial charge in [-0.1, -0.05) is 6.07 Å². The van der Waals surface area contributed by atoms with Crippen LogP contribution in [0.3, 0.4) is 0 Å². The van der Waals surface area contributed by atoms with Crippen molar-refractivity contribution in [1.29, 1.82) is 0 Å². The Balaban J connectivity index is 2.67. The fraction of sp³-hybridized carbons (Fsp3) is 0.294. The maximum absolute atomic E-state index is 14.5. The number of hydrogen-bond donors (Lipinski definition) is 2. The summed E-state index contributed by atoms with van der Waals surface area (Å²) in [5.41, 5.74) is 4.78. The Labute approximate surface area is 146 Å². The topological polar surface area (TPSA) is 85.4 Å². The molecule has 0 spiro atoms. The molecule has 0 fully saturated rings. The van der Waals surface area contributed by atoms with Crippen molar-refractivity contribution < 1.29 is 32.2 Å². The van der Waals surface area contributed by atoms with Crippen molar-refractivity contribution in [3.63, 3.8) is 0 Å². The van der Waals surface area contributed by atoms with E-state index in [0.717, 1.165) is 19.1 Å². The molecule has 0 aliphatic rings. The zero-order valence-electron chi connectivity index (χ0n) is 13.7. The van der Waals surface area contributed by atoms with Gasteiger partial charge in [0.15, 0.2) is 6.10 Å². The van der Waals surface area contributed by atoms with Crippen molar-refractivity contribution >= 4 is 5.91 Å². The summed E-state index contributed by atoms with van der Waals surface area (Å²) in [5.74, 6) is -2.56. The van der Waals surface area contributed by atoms with E-state index in [1.807, 2.05) is 0 Å². The van der Waals surface area contributed by atoms with E-state index in [9.17, 15) is 22.4 Å².